The van der Waals surface area contributed by atoms with Crippen LogP contribution in [0.15, 0.2) is 0 Å². The molecule has 28 heteroatoms. The van der Waals surface area contributed by atoms with Gasteiger partial charge in [-0.2, -0.15) is 0 Å². The normalized spacial score (nSPS) is 32.9. The molecule has 6 unspecified atom stereocenters. The van der Waals surface area contributed by atoms with Crippen LogP contribution < -0.4 is 0 Å². The Bertz CT molecular complexity index is 2260. The molecule has 109 heavy (non-hydrogen) atoms. The number of ether oxygens (including phenoxy) is 10. The van der Waals surface area contributed by atoms with Gasteiger partial charge in [-0.1, -0.05) is 238 Å². The van der Waals surface area contributed by atoms with E-state index in [1.165, 1.54) is 51.4 Å². The first-order chi connectivity index (χ1) is 52.5. The summed E-state index contributed by atoms with van der Waals surface area (Å²) in [5.74, 6) is -1.54. The highest BCUT2D eigenvalue weighted by molar-refractivity contribution is 5.70. The third kappa shape index (κ3) is 38.3. The Morgan fingerprint density at radius 1 is 0.303 bits per heavy atom. The predicted molar refractivity (Wildman–Crippen MR) is 403 cm³/mol. The lowest BCUT2D eigenvalue weighted by Crippen LogP contribution is -2.60. The van der Waals surface area contributed by atoms with Crippen LogP contribution in [-0.4, -0.2) is 280 Å². The number of unbranched alkanes of at least 4 members (excludes halogenated alkanes) is 33. The molecular weight excluding hydrogens is 1420 g/mol. The molecule has 0 saturated carbocycles. The van der Waals surface area contributed by atoms with Crippen LogP contribution in [0.3, 0.4) is 0 Å². The molecule has 0 aromatic carbocycles. The number of carbonyl (C=O) groups is 2. The Morgan fingerprint density at radius 2 is 0.550 bits per heavy atom. The molecule has 5 fully saturated rings. The Kier molecular flexibility index (Phi) is 51.1. The van der Waals surface area contributed by atoms with E-state index in [0.29, 0.717) is 44.9 Å². The third-order valence-corrected chi connectivity index (χ3v) is 22.6. The summed E-state index contributed by atoms with van der Waals surface area (Å²) in [5, 5.41) is 167. The minimum absolute atomic E-state index is 0.209. The first-order valence-corrected chi connectivity index (χ1v) is 42.8. The van der Waals surface area contributed by atoms with Gasteiger partial charge in [-0.15, -0.1) is 0 Å². The van der Waals surface area contributed by atoms with Gasteiger partial charge in [0.1, 0.15) is 111 Å². The van der Waals surface area contributed by atoms with Crippen LogP contribution in [0.1, 0.15) is 316 Å². The Labute approximate surface area is 649 Å². The van der Waals surface area contributed by atoms with Crippen LogP contribution in [0, 0.1) is 0 Å². The van der Waals surface area contributed by atoms with Crippen LogP contribution in [0.4, 0.5) is 0 Å². The number of aliphatic hydroxyl groups is 16. The Balaban J connectivity index is 0.994. The van der Waals surface area contributed by atoms with Crippen molar-refractivity contribution in [3.05, 3.63) is 0 Å². The molecule has 4 bridgehead atoms. The van der Waals surface area contributed by atoms with Crippen molar-refractivity contribution in [1.29, 1.82) is 0 Å². The summed E-state index contributed by atoms with van der Waals surface area (Å²) in [6, 6.07) is 0. The zero-order chi connectivity index (χ0) is 79.3. The summed E-state index contributed by atoms with van der Waals surface area (Å²) in [5.41, 5.74) is 0. The molecule has 5 aliphatic heterocycles. The molecule has 642 valence electrons. The van der Waals surface area contributed by atoms with E-state index in [9.17, 15) is 91.3 Å². The van der Waals surface area contributed by atoms with Gasteiger partial charge in [0.2, 0.25) is 0 Å². The number of hydrogen-bond donors (Lipinski definition) is 16. The third-order valence-electron chi connectivity index (χ3n) is 22.6. The maximum Gasteiger partial charge on any atom is 0.308 e. The van der Waals surface area contributed by atoms with Crippen molar-refractivity contribution in [2.75, 3.05) is 26.4 Å². The van der Waals surface area contributed by atoms with E-state index in [1.807, 2.05) is 6.92 Å². The lowest BCUT2D eigenvalue weighted by atomic mass is 9.98. The zero-order valence-corrected chi connectivity index (χ0v) is 66.1. The van der Waals surface area contributed by atoms with Crippen molar-refractivity contribution < 1.29 is 139 Å². The molecule has 0 aromatic heterocycles. The molecular formula is C81H150O28. The van der Waals surface area contributed by atoms with E-state index in [0.717, 1.165) is 193 Å². The van der Waals surface area contributed by atoms with Crippen molar-refractivity contribution in [2.45, 2.75) is 475 Å². The fourth-order valence-electron chi connectivity index (χ4n) is 15.5. The predicted octanol–water partition coefficient (Wildman–Crippen LogP) is 6.94. The van der Waals surface area contributed by atoms with Gasteiger partial charge < -0.3 is 129 Å². The van der Waals surface area contributed by atoms with Gasteiger partial charge in [0, 0.05) is 0 Å². The van der Waals surface area contributed by atoms with Crippen molar-refractivity contribution in [2.24, 2.45) is 0 Å². The second kappa shape index (κ2) is 57.1. The molecule has 26 atom stereocenters. The molecule has 5 heterocycles. The topological polar surface area (TPSA) is 450 Å². The van der Waals surface area contributed by atoms with Crippen molar-refractivity contribution >= 4 is 11.9 Å². The van der Waals surface area contributed by atoms with Gasteiger partial charge in [0.15, 0.2) is 25.2 Å². The number of hydrogen-bond acceptors (Lipinski definition) is 28. The lowest BCUT2D eigenvalue weighted by Gasteiger charge is -2.42. The van der Waals surface area contributed by atoms with Gasteiger partial charge in [-0.05, 0) is 65.2 Å². The van der Waals surface area contributed by atoms with E-state index in [4.69, 9.17) is 47.4 Å². The summed E-state index contributed by atoms with van der Waals surface area (Å²) < 4.78 is 59.3. The quantitative estimate of drug-likeness (QED) is 0.0216. The van der Waals surface area contributed by atoms with Crippen LogP contribution in [0.2, 0.25) is 0 Å². The average Bonchev–Trinajstić information content (AvgIpc) is 0.814. The molecule has 5 saturated heterocycles. The fraction of sp³-hybridized carbons (Fsp3) is 0.975. The number of esters is 2. The second-order valence-corrected chi connectivity index (χ2v) is 32.3. The average molecular weight is 1570 g/mol. The lowest BCUT2D eigenvalue weighted by molar-refractivity contribution is -0.316. The van der Waals surface area contributed by atoms with Gasteiger partial charge >= 0.3 is 11.9 Å². The van der Waals surface area contributed by atoms with E-state index in [2.05, 4.69) is 0 Å². The molecule has 0 spiro atoms. The molecule has 16 N–H and O–H groups in total. The molecule has 0 radical (unpaired) electrons. The summed E-state index contributed by atoms with van der Waals surface area (Å²) in [7, 11) is 0. The van der Waals surface area contributed by atoms with Gasteiger partial charge in [-0.25, -0.2) is 0 Å². The largest absolute Gasteiger partial charge is 0.463 e. The number of cyclic esters (lactones) is 2. The highest BCUT2D eigenvalue weighted by Gasteiger charge is 2.50. The first kappa shape index (κ1) is 97.6. The molecule has 0 aromatic rings. The minimum atomic E-state index is -1.76. The van der Waals surface area contributed by atoms with Crippen molar-refractivity contribution in [3.63, 3.8) is 0 Å². The molecule has 5 rings (SSSR count). The SMILES string of the molecule is CC(O)CCCCCCCCCCCCCCC(CCCCCCCCCCCCCC1CC(=O)OC[C@H]2O[C@@H](OC(CCCCCCCCCCCCCC(CCCCCC(C)O)O[C@@H]3O[C@H](CO)[C@@H](O)[C@H](O)[C@H]3O)CC(=O)OC[C@H]3O[C@@H](O1)[C@H](O)[C@@H](O)[C@@H]3O)[C@H](O)[C@@H](O)[C@@H]2O)O[C@@H]1O[C@H](CO)[C@@H](O)[C@H](O)[C@H]1O. The molecule has 0 amide bonds. The Morgan fingerprint density at radius 3 is 0.826 bits per heavy atom. The molecule has 0 aliphatic carbocycles. The van der Waals surface area contributed by atoms with E-state index < -0.39 is 173 Å². The number of carbonyl (C=O) groups excluding carboxylic acids is 2. The monoisotopic (exact) mass is 1570 g/mol. The van der Waals surface area contributed by atoms with Crippen LogP contribution in [0.5, 0.6) is 0 Å². The number of aliphatic hydroxyl groups excluding tert-OH is 16. The zero-order valence-electron chi connectivity index (χ0n) is 66.1. The summed E-state index contributed by atoms with van der Waals surface area (Å²) in [6.07, 6.45) is 9.66. The second-order valence-electron chi connectivity index (χ2n) is 32.3. The molecule has 5 aliphatic rings. The standard InChI is InChI=1S/C81H150O28/c1-54(84)40-32-25-19-13-7-3-4-8-14-20-26-34-42-56(102-78-74(96)70(92)66(88)60(50-82)106-78)43-35-27-21-15-9-5-11-17-23-29-37-46-58-48-64(86)100-52-63-69(91)73(95)77(99)81(109-63)105-59(49-65(87)101-53-62-68(90)72(94)76(98)80(104-58)108-62)47-38-30-24-18-12-6-10-16-22-28-36-44-57(45-39-31-33-41-55(2)85)103-79-75(97)71(93)67(89)61(51-83)107-79/h54-63,66-85,88-99H,3-53H2,1-2H3/t54?,55?,56?,57?,58?,59?,60-,61-,62-,63-,66-,67-,68-,69-,70+,71+,72+,73+,74-,75-,76-,77-,78-,79-,80-,81-/m1/s1. The van der Waals surface area contributed by atoms with Crippen molar-refractivity contribution in [1.82, 2.24) is 0 Å². The maximum atomic E-state index is 13.6. The summed E-state index contributed by atoms with van der Waals surface area (Å²) in [6.45, 7) is 1.47. The first-order valence-electron chi connectivity index (χ1n) is 42.8. The van der Waals surface area contributed by atoms with E-state index in [-0.39, 0.29) is 37.3 Å². The highest BCUT2D eigenvalue weighted by Crippen LogP contribution is 2.33. The summed E-state index contributed by atoms with van der Waals surface area (Å²) >= 11 is 0. The Hall–Kier alpha value is -2.02. The summed E-state index contributed by atoms with van der Waals surface area (Å²) in [4.78, 5) is 27.2. The van der Waals surface area contributed by atoms with Crippen LogP contribution in [0.25, 0.3) is 0 Å². The van der Waals surface area contributed by atoms with Gasteiger partial charge in [0.25, 0.3) is 0 Å². The van der Waals surface area contributed by atoms with Crippen LogP contribution >= 0.6 is 0 Å². The number of fused-ring (bicyclic) bond motifs is 4. The van der Waals surface area contributed by atoms with Gasteiger partial charge in [0.05, 0.1) is 62.7 Å². The maximum absolute atomic E-state index is 13.6. The van der Waals surface area contributed by atoms with Crippen molar-refractivity contribution in [3.8, 4) is 0 Å². The number of rotatable bonds is 55. The highest BCUT2D eigenvalue weighted by atomic mass is 16.7. The smallest absolute Gasteiger partial charge is 0.308 e. The fourth-order valence-corrected chi connectivity index (χ4v) is 15.5. The van der Waals surface area contributed by atoms with Crippen LogP contribution in [-0.2, 0) is 57.0 Å². The van der Waals surface area contributed by atoms with Gasteiger partial charge in [-0.3, -0.25) is 9.59 Å². The van der Waals surface area contributed by atoms with E-state index in [1.54, 1.807) is 6.92 Å². The molecule has 28 nitrogen and oxygen atoms in total. The van der Waals surface area contributed by atoms with E-state index >= 15 is 0 Å². The minimum Gasteiger partial charge on any atom is -0.463 e.